The van der Waals surface area contributed by atoms with Gasteiger partial charge in [0.05, 0.1) is 6.04 Å². The minimum absolute atomic E-state index is 0.174. The Hall–Kier alpha value is -1.30. The zero-order chi connectivity index (χ0) is 14.7. The Kier molecular flexibility index (Phi) is 4.86. The highest BCUT2D eigenvalue weighted by molar-refractivity contribution is 9.10. The molecule has 0 radical (unpaired) electrons. The van der Waals surface area contributed by atoms with Crippen LogP contribution in [0.25, 0.3) is 0 Å². The Morgan fingerprint density at radius 3 is 2.70 bits per heavy atom. The van der Waals surface area contributed by atoms with E-state index in [9.17, 15) is 4.39 Å². The number of benzene rings is 1. The molecule has 3 N–H and O–H groups in total. The van der Waals surface area contributed by atoms with E-state index in [2.05, 4.69) is 26.3 Å². The fourth-order valence-corrected chi connectivity index (χ4v) is 2.65. The van der Waals surface area contributed by atoms with Crippen LogP contribution in [0.5, 0.6) is 0 Å². The summed E-state index contributed by atoms with van der Waals surface area (Å²) < 4.78 is 14.7. The summed E-state index contributed by atoms with van der Waals surface area (Å²) in [5.41, 5.74) is 6.21. The lowest BCUT2D eigenvalue weighted by Crippen LogP contribution is -2.30. The maximum Gasteiger partial charge on any atom is 0.126 e. The summed E-state index contributed by atoms with van der Waals surface area (Å²) >= 11 is 3.36. The van der Waals surface area contributed by atoms with E-state index < -0.39 is 0 Å². The van der Waals surface area contributed by atoms with Crippen molar-refractivity contribution in [3.8, 4) is 0 Å². The van der Waals surface area contributed by atoms with Crippen molar-refractivity contribution in [1.29, 1.82) is 0 Å². The standard InChI is InChI=1S/C15H17BrFN3/c1-9-3-5-13(10(2)19-9)15(20-18)8-11-7-12(16)4-6-14(11)17/h3-7,15,20H,8,18H2,1-2H3. The summed E-state index contributed by atoms with van der Waals surface area (Å²) in [4.78, 5) is 4.43. The molecule has 20 heavy (non-hydrogen) atoms. The topological polar surface area (TPSA) is 50.9 Å². The van der Waals surface area contributed by atoms with E-state index in [1.54, 1.807) is 12.1 Å². The number of nitrogens with zero attached hydrogens (tertiary/aromatic N) is 1. The second-order valence-electron chi connectivity index (χ2n) is 4.79. The van der Waals surface area contributed by atoms with E-state index in [4.69, 9.17) is 5.84 Å². The summed E-state index contributed by atoms with van der Waals surface area (Å²) in [5.74, 6) is 5.41. The molecular formula is C15H17BrFN3. The van der Waals surface area contributed by atoms with Gasteiger partial charge in [-0.25, -0.2) is 4.39 Å². The first-order valence-electron chi connectivity index (χ1n) is 6.35. The molecule has 2 aromatic rings. The quantitative estimate of drug-likeness (QED) is 0.664. The van der Waals surface area contributed by atoms with Crippen molar-refractivity contribution in [1.82, 2.24) is 10.4 Å². The summed E-state index contributed by atoms with van der Waals surface area (Å²) in [6, 6.07) is 8.65. The first-order chi connectivity index (χ1) is 9.51. The van der Waals surface area contributed by atoms with E-state index in [1.807, 2.05) is 26.0 Å². The minimum Gasteiger partial charge on any atom is -0.271 e. The number of nitrogens with one attached hydrogen (secondary N) is 1. The van der Waals surface area contributed by atoms with Crippen LogP contribution in [-0.4, -0.2) is 4.98 Å². The van der Waals surface area contributed by atoms with Crippen LogP contribution in [0.2, 0.25) is 0 Å². The first kappa shape index (κ1) is 15.1. The monoisotopic (exact) mass is 337 g/mol. The Labute approximate surface area is 126 Å². The van der Waals surface area contributed by atoms with Crippen LogP contribution in [0.3, 0.4) is 0 Å². The van der Waals surface area contributed by atoms with E-state index >= 15 is 0 Å². The first-order valence-corrected chi connectivity index (χ1v) is 7.14. The van der Waals surface area contributed by atoms with Crippen molar-refractivity contribution in [2.45, 2.75) is 26.3 Å². The smallest absolute Gasteiger partial charge is 0.126 e. The largest absolute Gasteiger partial charge is 0.271 e. The summed E-state index contributed by atoms with van der Waals surface area (Å²) in [6.45, 7) is 3.87. The second-order valence-corrected chi connectivity index (χ2v) is 5.70. The van der Waals surface area contributed by atoms with E-state index in [1.165, 1.54) is 6.07 Å². The molecule has 3 nitrogen and oxygen atoms in total. The molecule has 0 aliphatic carbocycles. The number of aromatic nitrogens is 1. The molecule has 5 heteroatoms. The van der Waals surface area contributed by atoms with Gasteiger partial charge in [-0.2, -0.15) is 0 Å². The van der Waals surface area contributed by atoms with E-state index in [0.717, 1.165) is 21.4 Å². The number of halogens is 2. The van der Waals surface area contributed by atoms with Gasteiger partial charge in [0, 0.05) is 15.9 Å². The van der Waals surface area contributed by atoms with E-state index in [-0.39, 0.29) is 11.9 Å². The lowest BCUT2D eigenvalue weighted by atomic mass is 9.98. The molecule has 1 atom stereocenters. The van der Waals surface area contributed by atoms with Crippen molar-refractivity contribution < 1.29 is 4.39 Å². The third kappa shape index (κ3) is 3.42. The van der Waals surface area contributed by atoms with Gasteiger partial charge in [-0.05, 0) is 55.7 Å². The van der Waals surface area contributed by atoms with Gasteiger partial charge in [-0.1, -0.05) is 22.0 Å². The average molecular weight is 338 g/mol. The summed E-state index contributed by atoms with van der Waals surface area (Å²) in [5, 5.41) is 0. The second kappa shape index (κ2) is 6.43. The molecule has 0 amide bonds. The normalized spacial score (nSPS) is 12.4. The van der Waals surface area contributed by atoms with Gasteiger partial charge in [0.25, 0.3) is 0 Å². The predicted octanol–water partition coefficient (Wildman–Crippen LogP) is 3.35. The molecule has 0 saturated heterocycles. The Balaban J connectivity index is 2.31. The van der Waals surface area contributed by atoms with Crippen molar-refractivity contribution in [2.24, 2.45) is 5.84 Å². The number of hydrogen-bond acceptors (Lipinski definition) is 3. The highest BCUT2D eigenvalue weighted by atomic mass is 79.9. The van der Waals surface area contributed by atoms with Crippen LogP contribution < -0.4 is 11.3 Å². The van der Waals surface area contributed by atoms with E-state index in [0.29, 0.717) is 12.0 Å². The highest BCUT2D eigenvalue weighted by Crippen LogP contribution is 2.24. The molecule has 0 aliphatic rings. The highest BCUT2D eigenvalue weighted by Gasteiger charge is 2.16. The van der Waals surface area contributed by atoms with Crippen LogP contribution in [-0.2, 0) is 6.42 Å². The summed E-state index contributed by atoms with van der Waals surface area (Å²) in [6.07, 6.45) is 0.466. The molecule has 0 spiro atoms. The molecular weight excluding hydrogens is 321 g/mol. The van der Waals surface area contributed by atoms with Crippen molar-refractivity contribution in [2.75, 3.05) is 0 Å². The fraction of sp³-hybridized carbons (Fsp3) is 0.267. The molecule has 0 fully saturated rings. The number of nitrogens with two attached hydrogens (primary N) is 1. The van der Waals surface area contributed by atoms with Crippen LogP contribution >= 0.6 is 15.9 Å². The van der Waals surface area contributed by atoms with Gasteiger partial charge in [0.1, 0.15) is 5.82 Å². The molecule has 2 rings (SSSR count). The lowest BCUT2D eigenvalue weighted by Gasteiger charge is -2.19. The third-order valence-electron chi connectivity index (χ3n) is 3.27. The van der Waals surface area contributed by atoms with Gasteiger partial charge < -0.3 is 0 Å². The molecule has 0 aliphatic heterocycles. The lowest BCUT2D eigenvalue weighted by molar-refractivity contribution is 0.525. The number of pyridine rings is 1. The number of hydrazine groups is 1. The Morgan fingerprint density at radius 2 is 2.05 bits per heavy atom. The summed E-state index contributed by atoms with van der Waals surface area (Å²) in [7, 11) is 0. The van der Waals surface area contributed by atoms with Crippen molar-refractivity contribution >= 4 is 15.9 Å². The molecule has 1 unspecified atom stereocenters. The van der Waals surface area contributed by atoms with Crippen LogP contribution in [0.15, 0.2) is 34.8 Å². The van der Waals surface area contributed by atoms with Gasteiger partial charge in [-0.15, -0.1) is 0 Å². The minimum atomic E-state index is -0.230. The predicted molar refractivity (Wildman–Crippen MR) is 81.6 cm³/mol. The maximum absolute atomic E-state index is 13.8. The molecule has 106 valence electrons. The number of rotatable bonds is 4. The van der Waals surface area contributed by atoms with Gasteiger partial charge in [0.15, 0.2) is 0 Å². The zero-order valence-electron chi connectivity index (χ0n) is 11.5. The van der Waals surface area contributed by atoms with Crippen LogP contribution in [0, 0.1) is 19.7 Å². The zero-order valence-corrected chi connectivity index (χ0v) is 13.0. The molecule has 1 aromatic heterocycles. The molecule has 0 saturated carbocycles. The molecule has 0 bridgehead atoms. The average Bonchev–Trinajstić information content (AvgIpc) is 2.40. The van der Waals surface area contributed by atoms with Gasteiger partial charge in [-0.3, -0.25) is 16.3 Å². The molecule has 1 aromatic carbocycles. The fourth-order valence-electron chi connectivity index (χ4n) is 2.24. The number of hydrogen-bond donors (Lipinski definition) is 2. The van der Waals surface area contributed by atoms with Crippen LogP contribution in [0.4, 0.5) is 4.39 Å². The SMILES string of the molecule is Cc1ccc(C(Cc2cc(Br)ccc2F)NN)c(C)n1. The van der Waals surface area contributed by atoms with Crippen LogP contribution in [0.1, 0.15) is 28.6 Å². The van der Waals surface area contributed by atoms with Crippen molar-refractivity contribution in [3.63, 3.8) is 0 Å². The Bertz CT molecular complexity index is 616. The molecule has 1 heterocycles. The number of aryl methyl sites for hydroxylation is 2. The van der Waals surface area contributed by atoms with Crippen molar-refractivity contribution in [3.05, 3.63) is 63.1 Å². The Morgan fingerprint density at radius 1 is 1.30 bits per heavy atom. The maximum atomic E-state index is 13.8. The van der Waals surface area contributed by atoms with Gasteiger partial charge >= 0.3 is 0 Å². The van der Waals surface area contributed by atoms with Gasteiger partial charge in [0.2, 0.25) is 0 Å². The third-order valence-corrected chi connectivity index (χ3v) is 3.77.